The van der Waals surface area contributed by atoms with Crippen LogP contribution in [0.2, 0.25) is 5.02 Å². The van der Waals surface area contributed by atoms with Gasteiger partial charge in [0, 0.05) is 24.2 Å². The molecular weight excluding hydrogens is 474 g/mol. The lowest BCUT2D eigenvalue weighted by atomic mass is 10.2. The number of nitrogens with one attached hydrogen (secondary N) is 1. The predicted octanol–water partition coefficient (Wildman–Crippen LogP) is 4.67. The fourth-order valence-corrected chi connectivity index (χ4v) is 3.00. The van der Waals surface area contributed by atoms with Crippen LogP contribution in [-0.4, -0.2) is 51.6 Å². The van der Waals surface area contributed by atoms with Crippen LogP contribution in [0.3, 0.4) is 0 Å². The number of anilines is 2. The molecule has 13 heteroatoms. The van der Waals surface area contributed by atoms with Gasteiger partial charge >= 0.3 is 12.1 Å². The molecule has 0 radical (unpaired) electrons. The lowest BCUT2D eigenvalue weighted by molar-refractivity contribution is -0.192. The fourth-order valence-electron chi connectivity index (χ4n) is 2.82. The highest BCUT2D eigenvalue weighted by atomic mass is 35.5. The number of aliphatic carboxylic acids is 1. The van der Waals surface area contributed by atoms with Gasteiger partial charge in [-0.05, 0) is 18.2 Å². The third kappa shape index (κ3) is 6.33. The van der Waals surface area contributed by atoms with Crippen molar-refractivity contribution in [2.24, 2.45) is 0 Å². The van der Waals surface area contributed by atoms with E-state index in [-0.39, 0.29) is 16.9 Å². The maximum absolute atomic E-state index is 13.4. The summed E-state index contributed by atoms with van der Waals surface area (Å²) in [6, 6.07) is 7.34. The van der Waals surface area contributed by atoms with E-state index in [0.29, 0.717) is 41.4 Å². The summed E-state index contributed by atoms with van der Waals surface area (Å²) in [5.41, 5.74) is 1.09. The molecule has 1 atom stereocenters. The van der Waals surface area contributed by atoms with Crippen LogP contribution in [-0.2, 0) is 9.53 Å². The van der Waals surface area contributed by atoms with Gasteiger partial charge in [0.25, 0.3) is 0 Å². The van der Waals surface area contributed by atoms with Crippen molar-refractivity contribution in [3.8, 4) is 11.5 Å². The van der Waals surface area contributed by atoms with E-state index in [4.69, 9.17) is 31.0 Å². The van der Waals surface area contributed by atoms with Crippen LogP contribution in [0.1, 0.15) is 6.42 Å². The highest BCUT2D eigenvalue weighted by Crippen LogP contribution is 2.36. The molecule has 0 bridgehead atoms. The summed E-state index contributed by atoms with van der Waals surface area (Å²) in [7, 11) is 0. The Bertz CT molecular complexity index is 1160. The number of rotatable bonds is 4. The Labute approximate surface area is 188 Å². The normalized spacial score (nSPS) is 15.6. The minimum absolute atomic E-state index is 0.00517. The second kappa shape index (κ2) is 10.0. The number of hydrogen-bond donors (Lipinski definition) is 3. The Hall–Kier alpha value is -3.38. The minimum Gasteiger partial charge on any atom is -0.508 e. The van der Waals surface area contributed by atoms with Crippen LogP contribution in [0.25, 0.3) is 10.9 Å². The van der Waals surface area contributed by atoms with Crippen LogP contribution in [0.15, 0.2) is 36.7 Å². The number of fused-ring (bicyclic) bond motifs is 1. The van der Waals surface area contributed by atoms with Crippen molar-refractivity contribution in [3.05, 3.63) is 47.5 Å². The van der Waals surface area contributed by atoms with Crippen LogP contribution in [0.4, 0.5) is 29.1 Å². The average Bonchev–Trinajstić information content (AvgIpc) is 3.23. The van der Waals surface area contributed by atoms with Gasteiger partial charge in [-0.15, -0.1) is 0 Å². The molecule has 4 rings (SSSR count). The first-order chi connectivity index (χ1) is 15.5. The van der Waals surface area contributed by atoms with Crippen LogP contribution < -0.4 is 10.1 Å². The molecule has 2 aromatic carbocycles. The van der Waals surface area contributed by atoms with Crippen molar-refractivity contribution < 1.29 is 42.0 Å². The van der Waals surface area contributed by atoms with E-state index in [1.807, 2.05) is 0 Å². The summed E-state index contributed by atoms with van der Waals surface area (Å²) in [6.45, 7) is 1.12. The third-order valence-corrected chi connectivity index (χ3v) is 4.58. The van der Waals surface area contributed by atoms with Crippen LogP contribution >= 0.6 is 11.6 Å². The van der Waals surface area contributed by atoms with Gasteiger partial charge in [0.2, 0.25) is 0 Å². The standard InChI is InChI=1S/C18H15ClFN3O3.C2HF3O2/c19-13-5-10(1-2-14(13)20)23-18-17-15(21-9-22-18)6-11(24)7-16(17)26-12-3-4-25-8-12;3-2(4,5)1(6)7/h1-2,5-7,9,12,24H,3-4,8H2,(H,21,22,23);(H,6,7). The molecule has 0 spiro atoms. The molecule has 176 valence electrons. The second-order valence-corrected chi connectivity index (χ2v) is 7.13. The van der Waals surface area contributed by atoms with Gasteiger partial charge in [-0.25, -0.2) is 19.2 Å². The van der Waals surface area contributed by atoms with Gasteiger partial charge in [0.1, 0.15) is 35.6 Å². The smallest absolute Gasteiger partial charge is 0.490 e. The first-order valence-electron chi connectivity index (χ1n) is 9.29. The van der Waals surface area contributed by atoms with E-state index in [0.717, 1.165) is 6.42 Å². The summed E-state index contributed by atoms with van der Waals surface area (Å²) >= 11 is 5.84. The summed E-state index contributed by atoms with van der Waals surface area (Å²) in [4.78, 5) is 17.4. The summed E-state index contributed by atoms with van der Waals surface area (Å²) < 4.78 is 56.5. The predicted molar refractivity (Wildman–Crippen MR) is 109 cm³/mol. The zero-order valence-corrected chi connectivity index (χ0v) is 17.3. The Morgan fingerprint density at radius 1 is 1.24 bits per heavy atom. The molecule has 3 N–H and O–H groups in total. The maximum Gasteiger partial charge on any atom is 0.490 e. The molecule has 1 aliphatic rings. The molecule has 33 heavy (non-hydrogen) atoms. The quantitative estimate of drug-likeness (QED) is 0.453. The first kappa shape index (κ1) is 24.3. The van der Waals surface area contributed by atoms with Crippen molar-refractivity contribution in [1.82, 2.24) is 9.97 Å². The number of aromatic nitrogens is 2. The number of phenolic OH excluding ortho intramolecular Hbond substituents is 1. The van der Waals surface area contributed by atoms with Crippen molar-refractivity contribution in [3.63, 3.8) is 0 Å². The van der Waals surface area contributed by atoms with Crippen molar-refractivity contribution in [2.75, 3.05) is 18.5 Å². The Kier molecular flexibility index (Phi) is 7.39. The molecule has 1 aromatic heterocycles. The van der Waals surface area contributed by atoms with Crippen molar-refractivity contribution in [2.45, 2.75) is 18.7 Å². The number of hydrogen-bond acceptors (Lipinski definition) is 7. The number of carbonyl (C=O) groups is 1. The van der Waals surface area contributed by atoms with Crippen molar-refractivity contribution >= 4 is 40.0 Å². The number of carboxylic acids is 1. The molecule has 1 fully saturated rings. The highest BCUT2D eigenvalue weighted by Gasteiger charge is 2.38. The lowest BCUT2D eigenvalue weighted by Gasteiger charge is -2.16. The number of nitrogens with zero attached hydrogens (tertiary/aromatic N) is 2. The number of carboxylic acid groups (broad SMARTS) is 1. The van der Waals surface area contributed by atoms with E-state index >= 15 is 0 Å². The van der Waals surface area contributed by atoms with Gasteiger partial charge in [-0.2, -0.15) is 13.2 Å². The van der Waals surface area contributed by atoms with E-state index in [1.54, 1.807) is 6.07 Å². The van der Waals surface area contributed by atoms with Gasteiger partial charge < -0.3 is 25.0 Å². The van der Waals surface area contributed by atoms with Crippen LogP contribution in [0.5, 0.6) is 11.5 Å². The molecule has 1 saturated heterocycles. The zero-order chi connectivity index (χ0) is 24.2. The summed E-state index contributed by atoms with van der Waals surface area (Å²) in [6.07, 6.45) is -3.05. The Balaban J connectivity index is 0.000000383. The largest absolute Gasteiger partial charge is 0.508 e. The second-order valence-electron chi connectivity index (χ2n) is 6.72. The summed E-state index contributed by atoms with van der Waals surface area (Å²) in [5.74, 6) is -2.30. The fraction of sp³-hybridized carbons (Fsp3) is 0.250. The van der Waals surface area contributed by atoms with Gasteiger partial charge in [-0.1, -0.05) is 11.6 Å². The van der Waals surface area contributed by atoms with E-state index in [2.05, 4.69) is 15.3 Å². The molecule has 3 aromatic rings. The highest BCUT2D eigenvalue weighted by molar-refractivity contribution is 6.31. The monoisotopic (exact) mass is 489 g/mol. The molecule has 1 unspecified atom stereocenters. The zero-order valence-electron chi connectivity index (χ0n) is 16.6. The number of halogens is 5. The first-order valence-corrected chi connectivity index (χ1v) is 9.66. The number of aromatic hydroxyl groups is 1. The molecule has 0 saturated carbocycles. The lowest BCUT2D eigenvalue weighted by Crippen LogP contribution is -2.21. The van der Waals surface area contributed by atoms with Crippen LogP contribution in [0, 0.1) is 5.82 Å². The van der Waals surface area contributed by atoms with Gasteiger partial charge in [-0.3, -0.25) is 0 Å². The maximum atomic E-state index is 13.4. The molecule has 0 aliphatic carbocycles. The van der Waals surface area contributed by atoms with Gasteiger partial charge in [0.15, 0.2) is 0 Å². The molecule has 0 amide bonds. The molecular formula is C20H16ClF4N3O5. The summed E-state index contributed by atoms with van der Waals surface area (Å²) in [5, 5.41) is 20.8. The minimum atomic E-state index is -5.08. The third-order valence-electron chi connectivity index (χ3n) is 4.29. The molecule has 2 heterocycles. The number of ether oxygens (including phenoxy) is 2. The number of alkyl halides is 3. The Morgan fingerprint density at radius 3 is 2.58 bits per heavy atom. The van der Waals surface area contributed by atoms with E-state index in [1.165, 1.54) is 30.6 Å². The topological polar surface area (TPSA) is 114 Å². The Morgan fingerprint density at radius 2 is 1.97 bits per heavy atom. The van der Waals surface area contributed by atoms with E-state index in [9.17, 15) is 22.7 Å². The molecule has 1 aliphatic heterocycles. The number of benzene rings is 2. The molecule has 8 nitrogen and oxygen atoms in total. The average molecular weight is 490 g/mol. The van der Waals surface area contributed by atoms with Crippen molar-refractivity contribution in [1.29, 1.82) is 0 Å². The van der Waals surface area contributed by atoms with E-state index < -0.39 is 18.0 Å². The van der Waals surface area contributed by atoms with Gasteiger partial charge in [0.05, 0.1) is 29.1 Å². The SMILES string of the molecule is O=C(O)C(F)(F)F.Oc1cc(OC2CCOC2)c2c(Nc3ccc(F)c(Cl)c3)ncnc2c1. The number of phenols is 1.